The molecule has 3 heterocycles. The Hall–Kier alpha value is -3.60. The topological polar surface area (TPSA) is 115 Å². The van der Waals surface area contributed by atoms with Crippen molar-refractivity contribution in [3.63, 3.8) is 0 Å². The van der Waals surface area contributed by atoms with Gasteiger partial charge in [-0.15, -0.1) is 0 Å². The zero-order valence-electron chi connectivity index (χ0n) is 20.8. The van der Waals surface area contributed by atoms with Gasteiger partial charge in [-0.05, 0) is 49.7 Å². The molecule has 0 spiro atoms. The minimum atomic E-state index is -3.02. The second kappa shape index (κ2) is 11.0. The summed E-state index contributed by atoms with van der Waals surface area (Å²) >= 11 is 0. The van der Waals surface area contributed by atoms with Crippen LogP contribution in [0.3, 0.4) is 0 Å². The van der Waals surface area contributed by atoms with Crippen LogP contribution >= 0.6 is 0 Å². The van der Waals surface area contributed by atoms with Crippen molar-refractivity contribution < 1.29 is 33.0 Å². The number of fused-ring (bicyclic) bond motifs is 1. The molecule has 2 aromatic heterocycles. The third kappa shape index (κ3) is 6.09. The molecule has 2 N–H and O–H groups in total. The molecule has 1 aromatic carbocycles. The molecule has 202 valence electrons. The fourth-order valence-corrected chi connectivity index (χ4v) is 5.22. The number of nitrogens with zero attached hydrogens (tertiary/aromatic N) is 3. The van der Waals surface area contributed by atoms with Gasteiger partial charge in [-0.3, -0.25) is 4.79 Å². The smallest absolute Gasteiger partial charge is 0.407 e. The predicted molar refractivity (Wildman–Crippen MR) is 132 cm³/mol. The van der Waals surface area contributed by atoms with E-state index in [1.54, 1.807) is 29.0 Å². The second-order valence-electron chi connectivity index (χ2n) is 10.1. The van der Waals surface area contributed by atoms with E-state index in [0.717, 1.165) is 11.1 Å². The SMILES string of the molecule is O=C(NC1CC(Cc2cn3ncc(C4CC(C(=O)O)CCO4)cc3n2)CCC1(F)F)OCc1ccccc1. The average molecular weight is 529 g/mol. The van der Waals surface area contributed by atoms with Crippen LogP contribution in [0.1, 0.15) is 55.0 Å². The number of nitrogens with one attached hydrogen (secondary N) is 1. The molecule has 38 heavy (non-hydrogen) atoms. The first-order chi connectivity index (χ1) is 18.3. The number of carboxylic acid groups (broad SMARTS) is 1. The fraction of sp³-hybridized carbons (Fsp3) is 0.481. The van der Waals surface area contributed by atoms with Gasteiger partial charge in [0.2, 0.25) is 0 Å². The number of imidazole rings is 1. The Labute approximate surface area is 218 Å². The monoisotopic (exact) mass is 528 g/mol. The molecule has 1 saturated heterocycles. The minimum absolute atomic E-state index is 0.00743. The molecule has 11 heteroatoms. The summed E-state index contributed by atoms with van der Waals surface area (Å²) in [6.45, 7) is 0.376. The van der Waals surface area contributed by atoms with Crippen molar-refractivity contribution in [3.05, 3.63) is 65.6 Å². The molecule has 5 rings (SSSR count). The lowest BCUT2D eigenvalue weighted by Crippen LogP contribution is -2.51. The minimum Gasteiger partial charge on any atom is -0.481 e. The number of aromatic nitrogens is 3. The van der Waals surface area contributed by atoms with Gasteiger partial charge in [0.15, 0.2) is 5.65 Å². The van der Waals surface area contributed by atoms with E-state index in [1.807, 2.05) is 24.3 Å². The first kappa shape index (κ1) is 26.0. The predicted octanol–water partition coefficient (Wildman–Crippen LogP) is 4.55. The zero-order valence-corrected chi connectivity index (χ0v) is 20.8. The zero-order chi connectivity index (χ0) is 26.7. The number of rotatable bonds is 7. The van der Waals surface area contributed by atoms with Crippen molar-refractivity contribution in [3.8, 4) is 0 Å². The number of ether oxygens (including phenoxy) is 2. The lowest BCUT2D eigenvalue weighted by atomic mass is 9.81. The standard InChI is InChI=1S/C27H30F2N4O5/c28-27(29)8-6-18(11-23(27)32-26(36)38-16-17-4-2-1-3-5-17)10-21-15-33-24(31-21)13-20(14-30-33)22-12-19(25(34)35)7-9-37-22/h1-5,13-15,18-19,22-23H,6-12,16H2,(H,32,36)(H,34,35). The Balaban J connectivity index is 1.20. The average Bonchev–Trinajstić information content (AvgIpc) is 3.31. The highest BCUT2D eigenvalue weighted by Crippen LogP contribution is 2.38. The van der Waals surface area contributed by atoms with Gasteiger partial charge in [-0.2, -0.15) is 5.10 Å². The van der Waals surface area contributed by atoms with Crippen molar-refractivity contribution in [2.75, 3.05) is 6.61 Å². The number of hydrogen-bond donors (Lipinski definition) is 2. The Bertz CT molecular complexity index is 1280. The van der Waals surface area contributed by atoms with Crippen LogP contribution in [0.15, 0.2) is 48.8 Å². The molecule has 1 amide bonds. The quantitative estimate of drug-likeness (QED) is 0.462. The maximum atomic E-state index is 14.6. The van der Waals surface area contributed by atoms with Gasteiger partial charge >= 0.3 is 12.1 Å². The van der Waals surface area contributed by atoms with Crippen molar-refractivity contribution in [2.24, 2.45) is 11.8 Å². The van der Waals surface area contributed by atoms with Crippen LogP contribution in [0, 0.1) is 11.8 Å². The van der Waals surface area contributed by atoms with Gasteiger partial charge in [0, 0.05) is 18.6 Å². The summed E-state index contributed by atoms with van der Waals surface area (Å²) in [5, 5.41) is 16.1. The first-order valence-electron chi connectivity index (χ1n) is 12.8. The summed E-state index contributed by atoms with van der Waals surface area (Å²) in [6.07, 6.45) is 3.59. The van der Waals surface area contributed by atoms with Crippen molar-refractivity contribution in [1.29, 1.82) is 0 Å². The van der Waals surface area contributed by atoms with E-state index in [1.165, 1.54) is 0 Å². The molecule has 9 nitrogen and oxygen atoms in total. The molecular formula is C27H30F2N4O5. The highest BCUT2D eigenvalue weighted by atomic mass is 19.3. The van der Waals surface area contributed by atoms with E-state index in [2.05, 4.69) is 15.4 Å². The van der Waals surface area contributed by atoms with E-state index in [-0.39, 0.29) is 31.5 Å². The van der Waals surface area contributed by atoms with Gasteiger partial charge in [-0.25, -0.2) is 23.1 Å². The van der Waals surface area contributed by atoms with E-state index in [4.69, 9.17) is 9.47 Å². The Morgan fingerprint density at radius 1 is 1.21 bits per heavy atom. The van der Waals surface area contributed by atoms with E-state index in [9.17, 15) is 23.5 Å². The molecule has 0 radical (unpaired) electrons. The Morgan fingerprint density at radius 3 is 2.82 bits per heavy atom. The number of benzene rings is 1. The van der Waals surface area contributed by atoms with Crippen LogP contribution in [0.5, 0.6) is 0 Å². The molecular weight excluding hydrogens is 498 g/mol. The van der Waals surface area contributed by atoms with E-state index in [0.29, 0.717) is 43.6 Å². The molecule has 1 aliphatic heterocycles. The Kier molecular flexibility index (Phi) is 7.55. The highest BCUT2D eigenvalue weighted by Gasteiger charge is 2.45. The van der Waals surface area contributed by atoms with Gasteiger partial charge in [0.1, 0.15) is 6.61 Å². The summed E-state index contributed by atoms with van der Waals surface area (Å²) in [6, 6.07) is 9.55. The van der Waals surface area contributed by atoms with Gasteiger partial charge in [-0.1, -0.05) is 30.3 Å². The number of carbonyl (C=O) groups is 2. The molecule has 4 atom stereocenters. The molecule has 2 aliphatic rings. The number of halogens is 2. The van der Waals surface area contributed by atoms with Gasteiger partial charge < -0.3 is 19.9 Å². The molecule has 1 aliphatic carbocycles. The number of amides is 1. The summed E-state index contributed by atoms with van der Waals surface area (Å²) in [4.78, 5) is 28.3. The largest absolute Gasteiger partial charge is 0.481 e. The third-order valence-electron chi connectivity index (χ3n) is 7.36. The molecule has 3 aromatic rings. The van der Waals surface area contributed by atoms with Gasteiger partial charge in [0.25, 0.3) is 5.92 Å². The summed E-state index contributed by atoms with van der Waals surface area (Å²) in [5.41, 5.74) is 2.83. The van der Waals surface area contributed by atoms with Crippen molar-refractivity contribution in [1.82, 2.24) is 19.9 Å². The molecule has 2 fully saturated rings. The van der Waals surface area contributed by atoms with Gasteiger partial charge in [0.05, 0.1) is 36.2 Å². The lowest BCUT2D eigenvalue weighted by molar-refractivity contribution is -0.147. The first-order valence-corrected chi connectivity index (χ1v) is 12.8. The molecule has 4 unspecified atom stereocenters. The third-order valence-corrected chi connectivity index (χ3v) is 7.36. The van der Waals surface area contributed by atoms with Crippen LogP contribution in [0.4, 0.5) is 13.6 Å². The number of carbonyl (C=O) groups excluding carboxylic acids is 1. The fourth-order valence-electron chi connectivity index (χ4n) is 5.22. The molecule has 1 saturated carbocycles. The van der Waals surface area contributed by atoms with Crippen LogP contribution in [0.2, 0.25) is 0 Å². The van der Waals surface area contributed by atoms with Crippen molar-refractivity contribution in [2.45, 2.75) is 63.2 Å². The van der Waals surface area contributed by atoms with Crippen molar-refractivity contribution >= 4 is 17.7 Å². The highest BCUT2D eigenvalue weighted by molar-refractivity contribution is 5.70. The maximum absolute atomic E-state index is 14.6. The number of alkyl halides is 2. The van der Waals surface area contributed by atoms with Crippen LogP contribution in [-0.2, 0) is 27.3 Å². The normalized spacial score (nSPS) is 25.1. The van der Waals surface area contributed by atoms with E-state index < -0.39 is 29.9 Å². The summed E-state index contributed by atoms with van der Waals surface area (Å²) in [7, 11) is 0. The summed E-state index contributed by atoms with van der Waals surface area (Å²) in [5.74, 6) is -4.41. The Morgan fingerprint density at radius 2 is 2.03 bits per heavy atom. The number of aliphatic carboxylic acids is 1. The van der Waals surface area contributed by atoms with Crippen LogP contribution in [-0.4, -0.2) is 50.3 Å². The van der Waals surface area contributed by atoms with E-state index >= 15 is 0 Å². The number of hydrogen-bond acceptors (Lipinski definition) is 6. The maximum Gasteiger partial charge on any atom is 0.407 e. The van der Waals surface area contributed by atoms with Crippen LogP contribution < -0.4 is 5.32 Å². The number of alkyl carbamates (subject to hydrolysis) is 1. The lowest BCUT2D eigenvalue weighted by Gasteiger charge is -2.35. The second-order valence-corrected chi connectivity index (χ2v) is 10.1. The molecule has 0 bridgehead atoms. The summed E-state index contributed by atoms with van der Waals surface area (Å²) < 4.78 is 41.8. The number of carboxylic acids is 1. The van der Waals surface area contributed by atoms with Crippen LogP contribution in [0.25, 0.3) is 5.65 Å².